The van der Waals surface area contributed by atoms with Gasteiger partial charge in [-0.15, -0.1) is 0 Å². The van der Waals surface area contributed by atoms with E-state index in [1.54, 1.807) is 34.7 Å². The van der Waals surface area contributed by atoms with Gasteiger partial charge in [-0.25, -0.2) is 0 Å². The number of pyridine rings is 2. The van der Waals surface area contributed by atoms with Crippen LogP contribution in [0.4, 0.5) is 0 Å². The number of hydrogen-bond acceptors (Lipinski definition) is 4. The van der Waals surface area contributed by atoms with Gasteiger partial charge in [-0.3, -0.25) is 9.59 Å². The van der Waals surface area contributed by atoms with Gasteiger partial charge in [-0.2, -0.15) is 17.0 Å². The van der Waals surface area contributed by atoms with Gasteiger partial charge in [-0.05, 0) is 17.4 Å². The Morgan fingerprint density at radius 3 is 2.85 bits per heavy atom. The summed E-state index contributed by atoms with van der Waals surface area (Å²) >= 11 is 1.78. The summed E-state index contributed by atoms with van der Waals surface area (Å²) < 4.78 is 1.61. The number of aromatic nitrogens is 2. The van der Waals surface area contributed by atoms with Gasteiger partial charge < -0.3 is 9.55 Å². The molecule has 0 aromatic carbocycles. The summed E-state index contributed by atoms with van der Waals surface area (Å²) in [6.07, 6.45) is 1.67. The third-order valence-corrected chi connectivity index (χ3v) is 3.97. The Hall–Kier alpha value is -2.00. The largest absolute Gasteiger partial charge is 0.321 e. The quantitative estimate of drug-likeness (QED) is 0.929. The minimum atomic E-state index is -0.465. The summed E-state index contributed by atoms with van der Waals surface area (Å²) in [6, 6.07) is 4.85. The normalized spacial score (nSPS) is 10.9. The van der Waals surface area contributed by atoms with Gasteiger partial charge in [0.2, 0.25) is 0 Å². The molecule has 0 spiro atoms. The van der Waals surface area contributed by atoms with Crippen molar-refractivity contribution in [2.75, 3.05) is 5.75 Å². The molecule has 0 unspecified atom stereocenters. The molecule has 6 heteroatoms. The number of H-pyrrole nitrogens is 1. The summed E-state index contributed by atoms with van der Waals surface area (Å²) in [5.41, 5.74) is -0.220. The van der Waals surface area contributed by atoms with E-state index < -0.39 is 5.56 Å². The van der Waals surface area contributed by atoms with E-state index in [0.29, 0.717) is 22.7 Å². The molecule has 2 aromatic heterocycles. The summed E-state index contributed by atoms with van der Waals surface area (Å²) in [5, 5.41) is 9.75. The number of nitriles is 1. The zero-order chi connectivity index (χ0) is 14.7. The van der Waals surface area contributed by atoms with E-state index in [9.17, 15) is 9.59 Å². The minimum Gasteiger partial charge on any atom is -0.321 e. The third kappa shape index (κ3) is 2.94. The summed E-state index contributed by atoms with van der Waals surface area (Å²) in [5.74, 6) is 0.845. The van der Waals surface area contributed by atoms with Crippen LogP contribution >= 0.6 is 11.8 Å². The van der Waals surface area contributed by atoms with Crippen LogP contribution in [0.25, 0.3) is 10.9 Å². The second kappa shape index (κ2) is 5.97. The van der Waals surface area contributed by atoms with Gasteiger partial charge in [0.25, 0.3) is 11.1 Å². The molecular weight excluding hydrogens is 274 g/mol. The number of hydrogen-bond donors (Lipinski definition) is 1. The Kier molecular flexibility index (Phi) is 4.30. The maximum atomic E-state index is 12.3. The second-order valence-electron chi connectivity index (χ2n) is 4.69. The summed E-state index contributed by atoms with van der Waals surface area (Å²) in [6.45, 7) is 4.83. The smallest absolute Gasteiger partial charge is 0.266 e. The van der Waals surface area contributed by atoms with Crippen molar-refractivity contribution < 1.29 is 0 Å². The molecule has 104 valence electrons. The van der Waals surface area contributed by atoms with Crippen molar-refractivity contribution in [2.45, 2.75) is 25.6 Å². The molecule has 0 aliphatic carbocycles. The molecule has 20 heavy (non-hydrogen) atoms. The number of nitrogens with zero attached hydrogens (tertiary/aromatic N) is 2. The van der Waals surface area contributed by atoms with Gasteiger partial charge in [0.05, 0.1) is 10.9 Å². The Bertz CT molecular complexity index is 784. The standard InChI is InChI=1S/C14H15N3O2S/c1-9(2)20-6-5-17-4-3-12-11(14(17)19)7-10(8-15)13(18)16-12/h3-4,7,9H,5-6H2,1-2H3,(H,16,18). The predicted molar refractivity (Wildman–Crippen MR) is 81.1 cm³/mol. The molecule has 0 radical (unpaired) electrons. The second-order valence-corrected chi connectivity index (χ2v) is 6.37. The van der Waals surface area contributed by atoms with Crippen LogP contribution in [0.5, 0.6) is 0 Å². The zero-order valence-electron chi connectivity index (χ0n) is 11.3. The molecule has 2 heterocycles. The average molecular weight is 289 g/mol. The van der Waals surface area contributed by atoms with Crippen molar-refractivity contribution >= 4 is 22.7 Å². The Balaban J connectivity index is 2.43. The third-order valence-electron chi connectivity index (χ3n) is 2.89. The minimum absolute atomic E-state index is 0.0381. The first-order valence-corrected chi connectivity index (χ1v) is 7.36. The molecule has 5 nitrogen and oxygen atoms in total. The van der Waals surface area contributed by atoms with Crippen molar-refractivity contribution in [2.24, 2.45) is 0 Å². The number of nitrogens with one attached hydrogen (secondary N) is 1. The number of thioether (sulfide) groups is 1. The Morgan fingerprint density at radius 2 is 2.20 bits per heavy atom. The van der Waals surface area contributed by atoms with Crippen molar-refractivity contribution in [3.8, 4) is 6.07 Å². The average Bonchev–Trinajstić information content (AvgIpc) is 2.40. The number of fused-ring (bicyclic) bond motifs is 1. The Labute approximate surface area is 120 Å². The number of aromatic amines is 1. The molecule has 0 saturated carbocycles. The summed E-state index contributed by atoms with van der Waals surface area (Å²) in [7, 11) is 0. The molecule has 2 aromatic rings. The molecule has 0 fully saturated rings. The van der Waals surface area contributed by atoms with Gasteiger partial charge in [0, 0.05) is 18.5 Å². The van der Waals surface area contributed by atoms with Crippen molar-refractivity contribution in [1.82, 2.24) is 9.55 Å². The van der Waals surface area contributed by atoms with Gasteiger partial charge >= 0.3 is 0 Å². The van der Waals surface area contributed by atoms with Crippen LogP contribution in [-0.2, 0) is 6.54 Å². The van der Waals surface area contributed by atoms with E-state index in [2.05, 4.69) is 18.8 Å². The monoisotopic (exact) mass is 289 g/mol. The highest BCUT2D eigenvalue weighted by atomic mass is 32.2. The van der Waals surface area contributed by atoms with Gasteiger partial charge in [-0.1, -0.05) is 13.8 Å². The predicted octanol–water partition coefficient (Wildman–Crippen LogP) is 1.70. The number of rotatable bonds is 4. The lowest BCUT2D eigenvalue weighted by Gasteiger charge is -2.08. The lowest BCUT2D eigenvalue weighted by atomic mass is 10.2. The van der Waals surface area contributed by atoms with Crippen LogP contribution < -0.4 is 11.1 Å². The van der Waals surface area contributed by atoms with Crippen molar-refractivity contribution in [3.05, 3.63) is 44.6 Å². The molecule has 0 amide bonds. The van der Waals surface area contributed by atoms with Crippen LogP contribution in [0.1, 0.15) is 19.4 Å². The van der Waals surface area contributed by atoms with E-state index in [0.717, 1.165) is 5.75 Å². The summed E-state index contributed by atoms with van der Waals surface area (Å²) in [4.78, 5) is 26.4. The van der Waals surface area contributed by atoms with E-state index in [1.807, 2.05) is 0 Å². The van der Waals surface area contributed by atoms with Gasteiger partial charge in [0.1, 0.15) is 11.6 Å². The number of aryl methyl sites for hydroxylation is 1. The first-order valence-electron chi connectivity index (χ1n) is 6.31. The lowest BCUT2D eigenvalue weighted by Crippen LogP contribution is -2.23. The molecule has 1 N–H and O–H groups in total. The molecule has 0 bridgehead atoms. The molecule has 0 atom stereocenters. The molecular formula is C14H15N3O2S. The first-order chi connectivity index (χ1) is 9.52. The van der Waals surface area contributed by atoms with E-state index in [1.165, 1.54) is 6.07 Å². The first kappa shape index (κ1) is 14.4. The molecule has 0 saturated heterocycles. The topological polar surface area (TPSA) is 78.7 Å². The van der Waals surface area contributed by atoms with E-state index >= 15 is 0 Å². The highest BCUT2D eigenvalue weighted by Crippen LogP contribution is 2.10. The fourth-order valence-corrected chi connectivity index (χ4v) is 2.66. The highest BCUT2D eigenvalue weighted by Gasteiger charge is 2.07. The maximum absolute atomic E-state index is 12.3. The van der Waals surface area contributed by atoms with Crippen LogP contribution in [0.15, 0.2) is 27.9 Å². The lowest BCUT2D eigenvalue weighted by molar-refractivity contribution is 0.741. The van der Waals surface area contributed by atoms with E-state index in [4.69, 9.17) is 5.26 Å². The van der Waals surface area contributed by atoms with Gasteiger partial charge in [0.15, 0.2) is 0 Å². The maximum Gasteiger partial charge on any atom is 0.266 e. The molecule has 2 rings (SSSR count). The highest BCUT2D eigenvalue weighted by molar-refractivity contribution is 7.99. The van der Waals surface area contributed by atoms with Crippen molar-refractivity contribution in [1.29, 1.82) is 5.26 Å². The fraction of sp³-hybridized carbons (Fsp3) is 0.357. The van der Waals surface area contributed by atoms with Crippen LogP contribution in [0.2, 0.25) is 0 Å². The van der Waals surface area contributed by atoms with E-state index in [-0.39, 0.29) is 11.1 Å². The molecule has 0 aliphatic heterocycles. The van der Waals surface area contributed by atoms with Crippen LogP contribution in [0.3, 0.4) is 0 Å². The molecule has 0 aliphatic rings. The van der Waals surface area contributed by atoms with Crippen LogP contribution in [-0.4, -0.2) is 20.6 Å². The van der Waals surface area contributed by atoms with Crippen LogP contribution in [0, 0.1) is 11.3 Å². The van der Waals surface area contributed by atoms with Crippen molar-refractivity contribution in [3.63, 3.8) is 0 Å². The zero-order valence-corrected chi connectivity index (χ0v) is 12.2. The SMILES string of the molecule is CC(C)SCCn1ccc2[nH]c(=O)c(C#N)cc2c1=O. The Morgan fingerprint density at radius 1 is 1.45 bits per heavy atom. The fourth-order valence-electron chi connectivity index (χ4n) is 1.89.